The molecule has 196 valence electrons. The van der Waals surface area contributed by atoms with Crippen molar-refractivity contribution in [1.29, 1.82) is 0 Å². The molecule has 0 amide bonds. The number of aromatic nitrogens is 3. The van der Waals surface area contributed by atoms with Crippen LogP contribution in [0.5, 0.6) is 5.75 Å². The van der Waals surface area contributed by atoms with Gasteiger partial charge in [-0.05, 0) is 85.9 Å². The smallest absolute Gasteiger partial charge is 0.356 e. The van der Waals surface area contributed by atoms with Crippen LogP contribution in [0.25, 0.3) is 0 Å². The number of pyridine rings is 1. The molecule has 0 spiro atoms. The molecule has 0 radical (unpaired) electrons. The van der Waals surface area contributed by atoms with E-state index in [2.05, 4.69) is 58.3 Å². The zero-order chi connectivity index (χ0) is 26.4. The van der Waals surface area contributed by atoms with Gasteiger partial charge in [-0.25, -0.2) is 9.78 Å². The fourth-order valence-corrected chi connectivity index (χ4v) is 4.74. The van der Waals surface area contributed by atoms with Crippen molar-refractivity contribution in [2.45, 2.75) is 52.9 Å². The fraction of sp³-hybridized carbons (Fsp3) is 0.448. The van der Waals surface area contributed by atoms with Crippen LogP contribution < -0.4 is 15.0 Å². The van der Waals surface area contributed by atoms with Gasteiger partial charge in [-0.1, -0.05) is 13.8 Å². The summed E-state index contributed by atoms with van der Waals surface area (Å²) < 4.78 is 10.9. The molecule has 1 N–H and O–H groups in total. The van der Waals surface area contributed by atoms with Crippen LogP contribution in [0.15, 0.2) is 42.7 Å². The number of nitrogens with one attached hydrogen (secondary N) is 1. The Morgan fingerprint density at radius 3 is 2.51 bits per heavy atom. The second-order valence-electron chi connectivity index (χ2n) is 9.84. The Morgan fingerprint density at radius 2 is 1.86 bits per heavy atom. The molecule has 3 aromatic rings. The summed E-state index contributed by atoms with van der Waals surface area (Å²) in [7, 11) is 1.37. The number of carbonyl (C=O) groups excluding carboxylic acids is 1. The fourth-order valence-electron chi connectivity index (χ4n) is 4.74. The van der Waals surface area contributed by atoms with Gasteiger partial charge < -0.3 is 19.7 Å². The molecule has 0 saturated carbocycles. The van der Waals surface area contributed by atoms with Crippen LogP contribution >= 0.6 is 0 Å². The molecule has 8 heteroatoms. The highest BCUT2D eigenvalue weighted by atomic mass is 16.5. The van der Waals surface area contributed by atoms with E-state index in [9.17, 15) is 4.79 Å². The Hall–Kier alpha value is -3.68. The van der Waals surface area contributed by atoms with Crippen molar-refractivity contribution in [2.75, 3.05) is 37.0 Å². The van der Waals surface area contributed by atoms with Crippen LogP contribution in [0.4, 0.5) is 17.5 Å². The standard InChI is InChI=1S/C29H37N5O3/c1-6-37-26-15-20(4)24(17-23(26)19(2)3)31-27-18-25(28(35)36-5)32-29(33-27)34-13-9-22(10-14-34)16-21-7-11-30-12-8-21/h7-8,11-12,15,17-19,22H,6,9-10,13-14,16H2,1-5H3,(H,31,32,33). The van der Waals surface area contributed by atoms with Crippen LogP contribution in [0, 0.1) is 12.8 Å². The summed E-state index contributed by atoms with van der Waals surface area (Å²) in [4.78, 5) is 28.1. The lowest BCUT2D eigenvalue weighted by molar-refractivity contribution is 0.0594. The minimum Gasteiger partial charge on any atom is -0.494 e. The second kappa shape index (κ2) is 12.0. The van der Waals surface area contributed by atoms with Crippen molar-refractivity contribution in [3.8, 4) is 5.75 Å². The zero-order valence-corrected chi connectivity index (χ0v) is 22.5. The number of esters is 1. The van der Waals surface area contributed by atoms with Crippen LogP contribution in [0.1, 0.15) is 66.7 Å². The largest absolute Gasteiger partial charge is 0.494 e. The van der Waals surface area contributed by atoms with E-state index >= 15 is 0 Å². The van der Waals surface area contributed by atoms with E-state index in [4.69, 9.17) is 14.5 Å². The maximum atomic E-state index is 12.5. The van der Waals surface area contributed by atoms with Crippen molar-refractivity contribution in [3.63, 3.8) is 0 Å². The molecule has 1 aromatic carbocycles. The Morgan fingerprint density at radius 1 is 1.14 bits per heavy atom. The first-order valence-corrected chi connectivity index (χ1v) is 13.0. The van der Waals surface area contributed by atoms with Gasteiger partial charge in [0.15, 0.2) is 5.69 Å². The number of rotatable bonds is 9. The monoisotopic (exact) mass is 503 g/mol. The van der Waals surface area contributed by atoms with E-state index in [-0.39, 0.29) is 5.69 Å². The Labute approximate surface area is 219 Å². The molecule has 1 aliphatic heterocycles. The molecule has 0 bridgehead atoms. The average molecular weight is 504 g/mol. The predicted octanol–water partition coefficient (Wildman–Crippen LogP) is 5.69. The summed E-state index contributed by atoms with van der Waals surface area (Å²) in [5.74, 6) is 2.41. The Kier molecular flexibility index (Phi) is 8.58. The number of hydrogen-bond donors (Lipinski definition) is 1. The number of hydrogen-bond acceptors (Lipinski definition) is 8. The van der Waals surface area contributed by atoms with Crippen LogP contribution in [-0.2, 0) is 11.2 Å². The minimum atomic E-state index is -0.481. The summed E-state index contributed by atoms with van der Waals surface area (Å²) >= 11 is 0. The van der Waals surface area contributed by atoms with Gasteiger partial charge in [-0.3, -0.25) is 4.98 Å². The minimum absolute atomic E-state index is 0.238. The van der Waals surface area contributed by atoms with Gasteiger partial charge in [-0.2, -0.15) is 4.98 Å². The third-order valence-electron chi connectivity index (χ3n) is 6.82. The highest BCUT2D eigenvalue weighted by Crippen LogP contribution is 2.34. The quantitative estimate of drug-likeness (QED) is 0.373. The molecule has 37 heavy (non-hydrogen) atoms. The average Bonchev–Trinajstić information content (AvgIpc) is 2.90. The molecule has 0 aliphatic carbocycles. The molecule has 1 saturated heterocycles. The van der Waals surface area contributed by atoms with Gasteiger partial charge in [-0.15, -0.1) is 0 Å². The predicted molar refractivity (Wildman–Crippen MR) is 146 cm³/mol. The lowest BCUT2D eigenvalue weighted by atomic mass is 9.90. The number of carbonyl (C=O) groups is 1. The number of benzene rings is 1. The zero-order valence-electron chi connectivity index (χ0n) is 22.5. The maximum Gasteiger partial charge on any atom is 0.356 e. The summed E-state index contributed by atoms with van der Waals surface area (Å²) in [5.41, 5.74) is 4.62. The molecular weight excluding hydrogens is 466 g/mol. The van der Waals surface area contributed by atoms with E-state index < -0.39 is 5.97 Å². The van der Waals surface area contributed by atoms with Gasteiger partial charge in [0, 0.05) is 37.2 Å². The third-order valence-corrected chi connectivity index (χ3v) is 6.82. The van der Waals surface area contributed by atoms with Gasteiger partial charge >= 0.3 is 5.97 Å². The van der Waals surface area contributed by atoms with E-state index in [1.165, 1.54) is 12.7 Å². The molecule has 1 aliphatic rings. The SMILES string of the molecule is CCOc1cc(C)c(Nc2cc(C(=O)OC)nc(N3CCC(Cc4ccncc4)CC3)n2)cc1C(C)C. The molecule has 2 aromatic heterocycles. The van der Waals surface area contributed by atoms with Crippen molar-refractivity contribution >= 4 is 23.4 Å². The lowest BCUT2D eigenvalue weighted by Gasteiger charge is -2.32. The van der Waals surface area contributed by atoms with Crippen molar-refractivity contribution in [1.82, 2.24) is 15.0 Å². The highest BCUT2D eigenvalue weighted by molar-refractivity contribution is 5.88. The van der Waals surface area contributed by atoms with E-state index in [1.807, 2.05) is 26.2 Å². The molecule has 3 heterocycles. The summed E-state index contributed by atoms with van der Waals surface area (Å²) in [6, 6.07) is 9.98. The van der Waals surface area contributed by atoms with Crippen molar-refractivity contribution < 1.29 is 14.3 Å². The molecule has 4 rings (SSSR count). The Bertz CT molecular complexity index is 1210. The normalized spacial score (nSPS) is 14.1. The van der Waals surface area contributed by atoms with Gasteiger partial charge in [0.2, 0.25) is 5.95 Å². The van der Waals surface area contributed by atoms with Crippen LogP contribution in [-0.4, -0.2) is 47.7 Å². The number of piperidine rings is 1. The summed E-state index contributed by atoms with van der Waals surface area (Å²) in [5, 5.41) is 3.43. The third kappa shape index (κ3) is 6.56. The first kappa shape index (κ1) is 26.4. The van der Waals surface area contributed by atoms with E-state index in [0.29, 0.717) is 30.2 Å². The van der Waals surface area contributed by atoms with E-state index in [0.717, 1.165) is 54.9 Å². The molecule has 0 unspecified atom stereocenters. The summed E-state index contributed by atoms with van der Waals surface area (Å²) in [6.07, 6.45) is 6.81. The second-order valence-corrected chi connectivity index (χ2v) is 9.84. The number of anilines is 3. The Balaban J connectivity index is 1.56. The summed E-state index contributed by atoms with van der Waals surface area (Å²) in [6.45, 7) is 10.6. The molecule has 1 fully saturated rings. The van der Waals surface area contributed by atoms with Crippen LogP contribution in [0.3, 0.4) is 0 Å². The van der Waals surface area contributed by atoms with Gasteiger partial charge in [0.1, 0.15) is 11.6 Å². The van der Waals surface area contributed by atoms with Crippen LogP contribution in [0.2, 0.25) is 0 Å². The van der Waals surface area contributed by atoms with E-state index in [1.54, 1.807) is 6.07 Å². The number of ether oxygens (including phenoxy) is 2. The number of nitrogens with zero attached hydrogens (tertiary/aromatic N) is 4. The first-order chi connectivity index (χ1) is 17.9. The van der Waals surface area contributed by atoms with Gasteiger partial charge in [0.25, 0.3) is 0 Å². The lowest BCUT2D eigenvalue weighted by Crippen LogP contribution is -2.35. The number of aryl methyl sites for hydroxylation is 1. The topological polar surface area (TPSA) is 89.5 Å². The van der Waals surface area contributed by atoms with Gasteiger partial charge in [0.05, 0.1) is 13.7 Å². The van der Waals surface area contributed by atoms with Crippen molar-refractivity contribution in [3.05, 3.63) is 65.1 Å². The number of methoxy groups -OCH3 is 1. The maximum absolute atomic E-state index is 12.5. The molecular formula is C29H37N5O3. The highest BCUT2D eigenvalue weighted by Gasteiger charge is 2.23. The molecule has 8 nitrogen and oxygen atoms in total. The van der Waals surface area contributed by atoms with Crippen molar-refractivity contribution in [2.24, 2.45) is 5.92 Å². The first-order valence-electron chi connectivity index (χ1n) is 13.0. The molecule has 0 atom stereocenters.